The molecule has 0 radical (unpaired) electrons. The minimum Gasteiger partial charge on any atom is -0.485 e. The van der Waals surface area contributed by atoms with Crippen LogP contribution in [0, 0.1) is 0 Å². The molecule has 5 heteroatoms. The van der Waals surface area contributed by atoms with Crippen LogP contribution < -0.4 is 4.74 Å². The number of ether oxygens (including phenoxy) is 2. The van der Waals surface area contributed by atoms with Crippen LogP contribution in [-0.4, -0.2) is 41.3 Å². The second-order valence-corrected chi connectivity index (χ2v) is 5.90. The van der Waals surface area contributed by atoms with Crippen LogP contribution in [0.1, 0.15) is 18.6 Å². The van der Waals surface area contributed by atoms with E-state index in [9.17, 15) is 0 Å². The van der Waals surface area contributed by atoms with Crippen LogP contribution in [0.15, 0.2) is 47.3 Å². The predicted octanol–water partition coefficient (Wildman–Crippen LogP) is 2.49. The minimum absolute atomic E-state index is 0.0458. The molecule has 3 atom stereocenters. The zero-order valence-electron chi connectivity index (χ0n) is 12.4. The average Bonchev–Trinajstić information content (AvgIpc) is 3.18. The monoisotopic (exact) mass is 300 g/mol. The lowest BCUT2D eigenvalue weighted by Crippen LogP contribution is -2.42. The number of pyridine rings is 1. The normalized spacial score (nSPS) is 28.5. The lowest BCUT2D eigenvalue weighted by atomic mass is 10.0. The van der Waals surface area contributed by atoms with Crippen LogP contribution in [0.3, 0.4) is 0 Å². The SMILES string of the molecule is c1cncc(O[C@H]2CN(Cc3ccco3)[C@H]3CCCO[C@H]23)c1. The third-order valence-corrected chi connectivity index (χ3v) is 4.44. The summed E-state index contributed by atoms with van der Waals surface area (Å²) in [6, 6.07) is 8.20. The molecule has 22 heavy (non-hydrogen) atoms. The minimum atomic E-state index is 0.0458. The number of hydrogen-bond donors (Lipinski definition) is 0. The summed E-state index contributed by atoms with van der Waals surface area (Å²) < 4.78 is 17.6. The van der Waals surface area contributed by atoms with Crippen LogP contribution in [0.5, 0.6) is 5.75 Å². The summed E-state index contributed by atoms with van der Waals surface area (Å²) in [6.45, 7) is 2.48. The molecule has 2 aliphatic rings. The van der Waals surface area contributed by atoms with Gasteiger partial charge in [0.05, 0.1) is 19.0 Å². The number of hydrogen-bond acceptors (Lipinski definition) is 5. The third-order valence-electron chi connectivity index (χ3n) is 4.44. The van der Waals surface area contributed by atoms with Gasteiger partial charge in [-0.2, -0.15) is 0 Å². The zero-order valence-corrected chi connectivity index (χ0v) is 12.4. The van der Waals surface area contributed by atoms with Gasteiger partial charge in [-0.3, -0.25) is 9.88 Å². The van der Waals surface area contributed by atoms with Gasteiger partial charge in [-0.15, -0.1) is 0 Å². The van der Waals surface area contributed by atoms with E-state index in [-0.39, 0.29) is 12.2 Å². The fraction of sp³-hybridized carbons (Fsp3) is 0.471. The van der Waals surface area contributed by atoms with Gasteiger partial charge in [0.2, 0.25) is 0 Å². The summed E-state index contributed by atoms with van der Waals surface area (Å²) in [7, 11) is 0. The maximum atomic E-state index is 6.13. The topological polar surface area (TPSA) is 47.7 Å². The Balaban J connectivity index is 1.50. The molecule has 0 saturated carbocycles. The third kappa shape index (κ3) is 2.74. The fourth-order valence-corrected chi connectivity index (χ4v) is 3.48. The van der Waals surface area contributed by atoms with Gasteiger partial charge in [-0.25, -0.2) is 0 Å². The summed E-state index contributed by atoms with van der Waals surface area (Å²) >= 11 is 0. The molecule has 4 rings (SSSR count). The van der Waals surface area contributed by atoms with Crippen molar-refractivity contribution < 1.29 is 13.9 Å². The smallest absolute Gasteiger partial charge is 0.139 e. The molecule has 0 aromatic carbocycles. The van der Waals surface area contributed by atoms with Crippen molar-refractivity contribution >= 4 is 0 Å². The first-order chi connectivity index (χ1) is 10.9. The fourth-order valence-electron chi connectivity index (χ4n) is 3.48. The van der Waals surface area contributed by atoms with Crippen molar-refractivity contribution in [3.63, 3.8) is 0 Å². The van der Waals surface area contributed by atoms with Gasteiger partial charge in [-0.1, -0.05) is 0 Å². The first-order valence-electron chi connectivity index (χ1n) is 7.85. The van der Waals surface area contributed by atoms with E-state index in [1.54, 1.807) is 18.7 Å². The molecule has 0 amide bonds. The summed E-state index contributed by atoms with van der Waals surface area (Å²) in [4.78, 5) is 6.54. The molecular weight excluding hydrogens is 280 g/mol. The molecule has 2 aromatic heterocycles. The molecule has 0 aliphatic carbocycles. The largest absolute Gasteiger partial charge is 0.485 e. The molecular formula is C17H20N2O3. The summed E-state index contributed by atoms with van der Waals surface area (Å²) in [5.74, 6) is 1.80. The Morgan fingerprint density at radius 3 is 3.14 bits per heavy atom. The van der Waals surface area contributed by atoms with Gasteiger partial charge in [0, 0.05) is 25.4 Å². The number of likely N-dealkylation sites (tertiary alicyclic amines) is 1. The Hall–Kier alpha value is -1.85. The van der Waals surface area contributed by atoms with Crippen molar-refractivity contribution in [1.29, 1.82) is 0 Å². The van der Waals surface area contributed by atoms with Gasteiger partial charge in [0.15, 0.2) is 0 Å². The van der Waals surface area contributed by atoms with Crippen LogP contribution in [0.25, 0.3) is 0 Å². The van der Waals surface area contributed by atoms with Crippen molar-refractivity contribution in [2.75, 3.05) is 13.2 Å². The first-order valence-corrected chi connectivity index (χ1v) is 7.85. The molecule has 5 nitrogen and oxygen atoms in total. The van der Waals surface area contributed by atoms with Crippen LogP contribution in [0.4, 0.5) is 0 Å². The number of furan rings is 1. The van der Waals surface area contributed by atoms with Crippen molar-refractivity contribution in [1.82, 2.24) is 9.88 Å². The van der Waals surface area contributed by atoms with Gasteiger partial charge in [-0.05, 0) is 37.1 Å². The summed E-state index contributed by atoms with van der Waals surface area (Å²) in [5.41, 5.74) is 0. The lowest BCUT2D eigenvalue weighted by Gasteiger charge is -2.31. The molecule has 2 aromatic rings. The van der Waals surface area contributed by atoms with E-state index >= 15 is 0 Å². The van der Waals surface area contributed by atoms with Crippen LogP contribution >= 0.6 is 0 Å². The number of nitrogens with zero attached hydrogens (tertiary/aromatic N) is 2. The highest BCUT2D eigenvalue weighted by atomic mass is 16.5. The molecule has 2 saturated heterocycles. The average molecular weight is 300 g/mol. The van der Waals surface area contributed by atoms with Gasteiger partial charge in [0.25, 0.3) is 0 Å². The Morgan fingerprint density at radius 2 is 2.32 bits per heavy atom. The maximum Gasteiger partial charge on any atom is 0.139 e. The van der Waals surface area contributed by atoms with Gasteiger partial charge in [0.1, 0.15) is 23.7 Å². The summed E-state index contributed by atoms with van der Waals surface area (Å²) in [6.07, 6.45) is 7.67. The molecule has 0 bridgehead atoms. The first kappa shape index (κ1) is 13.8. The van der Waals surface area contributed by atoms with Gasteiger partial charge < -0.3 is 13.9 Å². The van der Waals surface area contributed by atoms with E-state index in [4.69, 9.17) is 13.9 Å². The van der Waals surface area contributed by atoms with E-state index in [2.05, 4.69) is 9.88 Å². The summed E-state index contributed by atoms with van der Waals surface area (Å²) in [5, 5.41) is 0. The van der Waals surface area contributed by atoms with E-state index in [1.165, 1.54) is 0 Å². The molecule has 116 valence electrons. The Labute approximate surface area is 129 Å². The van der Waals surface area contributed by atoms with E-state index in [1.807, 2.05) is 24.3 Å². The molecule has 2 aliphatic heterocycles. The molecule has 0 spiro atoms. The second kappa shape index (κ2) is 6.10. The Morgan fingerprint density at radius 1 is 1.32 bits per heavy atom. The highest BCUT2D eigenvalue weighted by molar-refractivity contribution is 5.17. The quantitative estimate of drug-likeness (QED) is 0.868. The molecule has 4 heterocycles. The van der Waals surface area contributed by atoms with Crippen LogP contribution in [-0.2, 0) is 11.3 Å². The lowest BCUT2D eigenvalue weighted by molar-refractivity contribution is -0.0475. The highest BCUT2D eigenvalue weighted by Gasteiger charge is 2.45. The van der Waals surface area contributed by atoms with Crippen molar-refractivity contribution in [3.05, 3.63) is 48.7 Å². The Kier molecular flexibility index (Phi) is 3.83. The van der Waals surface area contributed by atoms with Crippen molar-refractivity contribution in [2.24, 2.45) is 0 Å². The number of fused-ring (bicyclic) bond motifs is 1. The van der Waals surface area contributed by atoms with Crippen molar-refractivity contribution in [3.8, 4) is 5.75 Å². The van der Waals surface area contributed by atoms with E-state index < -0.39 is 0 Å². The molecule has 0 N–H and O–H groups in total. The van der Waals surface area contributed by atoms with E-state index in [0.29, 0.717) is 6.04 Å². The van der Waals surface area contributed by atoms with E-state index in [0.717, 1.165) is 44.0 Å². The standard InChI is InChI=1S/C17H20N2O3/c1-4-13(10-18-7-1)22-16-12-19(11-14-5-2-8-20-14)15-6-3-9-21-17(15)16/h1-2,4-5,7-8,10,15-17H,3,6,9,11-12H2/t15-,16-,17-/m0/s1. The van der Waals surface area contributed by atoms with Crippen molar-refractivity contribution in [2.45, 2.75) is 37.6 Å². The molecule has 2 fully saturated rings. The van der Waals surface area contributed by atoms with Crippen LogP contribution in [0.2, 0.25) is 0 Å². The number of rotatable bonds is 4. The zero-order chi connectivity index (χ0) is 14.8. The molecule has 0 unspecified atom stereocenters. The number of aromatic nitrogens is 1. The van der Waals surface area contributed by atoms with Gasteiger partial charge >= 0.3 is 0 Å². The highest BCUT2D eigenvalue weighted by Crippen LogP contribution is 2.32. The second-order valence-electron chi connectivity index (χ2n) is 5.90. The predicted molar refractivity (Wildman–Crippen MR) is 80.5 cm³/mol. The Bertz CT molecular complexity index is 587. The maximum absolute atomic E-state index is 6.13.